The predicted molar refractivity (Wildman–Crippen MR) is 122 cm³/mol. The number of benzene rings is 2. The summed E-state index contributed by atoms with van der Waals surface area (Å²) in [5.41, 5.74) is 3.16. The second kappa shape index (κ2) is 7.75. The number of thiazole rings is 2. The summed E-state index contributed by atoms with van der Waals surface area (Å²) in [4.78, 5) is 23.3. The summed E-state index contributed by atoms with van der Waals surface area (Å²) in [6, 6.07) is 11.9. The Morgan fingerprint density at radius 1 is 1.16 bits per heavy atom. The fraction of sp³-hybridized carbons (Fsp3) is 0.136. The molecule has 5 rings (SSSR count). The number of ether oxygens (including phenoxy) is 1. The van der Waals surface area contributed by atoms with E-state index in [9.17, 15) is 9.18 Å². The highest BCUT2D eigenvalue weighted by Crippen LogP contribution is 2.31. The molecule has 1 amide bonds. The van der Waals surface area contributed by atoms with Crippen molar-refractivity contribution in [3.63, 3.8) is 0 Å². The monoisotopic (exact) mass is 452 g/mol. The Bertz CT molecular complexity index is 1420. The van der Waals surface area contributed by atoms with Gasteiger partial charge in [0.2, 0.25) is 0 Å². The third-order valence-electron chi connectivity index (χ3n) is 4.79. The minimum atomic E-state index is -0.288. The Balaban J connectivity index is 1.40. The molecule has 31 heavy (non-hydrogen) atoms. The average molecular weight is 453 g/mol. The van der Waals surface area contributed by atoms with Gasteiger partial charge in [0, 0.05) is 17.5 Å². The molecular weight excluding hydrogens is 435 g/mol. The molecule has 0 unspecified atom stereocenters. The van der Waals surface area contributed by atoms with Crippen molar-refractivity contribution in [2.75, 3.05) is 11.9 Å². The van der Waals surface area contributed by atoms with Gasteiger partial charge in [0.1, 0.15) is 16.4 Å². The Morgan fingerprint density at radius 2 is 1.97 bits per heavy atom. The number of nitrogens with one attached hydrogen (secondary N) is 1. The van der Waals surface area contributed by atoms with Crippen molar-refractivity contribution in [2.45, 2.75) is 13.8 Å². The van der Waals surface area contributed by atoms with Gasteiger partial charge >= 0.3 is 0 Å². The van der Waals surface area contributed by atoms with Crippen LogP contribution in [-0.2, 0) is 0 Å². The molecule has 2 aromatic carbocycles. The van der Waals surface area contributed by atoms with E-state index in [1.165, 1.54) is 34.8 Å². The molecule has 0 spiro atoms. The van der Waals surface area contributed by atoms with E-state index in [4.69, 9.17) is 4.74 Å². The quantitative estimate of drug-likeness (QED) is 0.368. The van der Waals surface area contributed by atoms with Gasteiger partial charge in [0.25, 0.3) is 5.91 Å². The molecule has 0 saturated carbocycles. The number of halogens is 1. The van der Waals surface area contributed by atoms with Crippen LogP contribution in [0.5, 0.6) is 5.75 Å². The van der Waals surface area contributed by atoms with Crippen LogP contribution < -0.4 is 10.1 Å². The van der Waals surface area contributed by atoms with Crippen LogP contribution in [-0.4, -0.2) is 26.9 Å². The number of carbonyl (C=O) groups is 1. The zero-order valence-corrected chi connectivity index (χ0v) is 18.3. The molecule has 6 nitrogen and oxygen atoms in total. The summed E-state index contributed by atoms with van der Waals surface area (Å²) >= 11 is 2.71. The Hall–Kier alpha value is -3.30. The molecule has 0 radical (unpaired) electrons. The highest BCUT2D eigenvalue weighted by atomic mass is 32.1. The minimum Gasteiger partial charge on any atom is -0.494 e. The first-order valence-corrected chi connectivity index (χ1v) is 11.2. The molecule has 0 aliphatic rings. The van der Waals surface area contributed by atoms with E-state index in [0.29, 0.717) is 21.6 Å². The highest BCUT2D eigenvalue weighted by molar-refractivity contribution is 7.22. The van der Waals surface area contributed by atoms with Crippen molar-refractivity contribution < 1.29 is 13.9 Å². The van der Waals surface area contributed by atoms with Crippen molar-refractivity contribution in [3.8, 4) is 17.0 Å². The molecule has 9 heteroatoms. The molecule has 156 valence electrons. The van der Waals surface area contributed by atoms with Crippen molar-refractivity contribution in [1.29, 1.82) is 0 Å². The minimum absolute atomic E-state index is 0.222. The zero-order valence-electron chi connectivity index (χ0n) is 16.7. The first kappa shape index (κ1) is 19.7. The molecule has 0 aliphatic carbocycles. The van der Waals surface area contributed by atoms with E-state index in [0.717, 1.165) is 32.9 Å². The second-order valence-electron chi connectivity index (χ2n) is 6.84. The van der Waals surface area contributed by atoms with Crippen molar-refractivity contribution in [3.05, 3.63) is 65.0 Å². The SMILES string of the molecule is CCOc1ccc2nc(NC(=O)c3sc4nc(-c5ccc(F)cc5)cn4c3C)sc2c1. The van der Waals surface area contributed by atoms with Gasteiger partial charge in [-0.05, 0) is 56.3 Å². The Morgan fingerprint density at radius 3 is 2.71 bits per heavy atom. The lowest BCUT2D eigenvalue weighted by Gasteiger charge is -2.00. The van der Waals surface area contributed by atoms with Crippen LogP contribution in [0.4, 0.5) is 9.52 Å². The lowest BCUT2D eigenvalue weighted by molar-refractivity contribution is 0.102. The number of anilines is 1. The highest BCUT2D eigenvalue weighted by Gasteiger charge is 2.19. The van der Waals surface area contributed by atoms with Crippen LogP contribution in [0, 0.1) is 12.7 Å². The molecule has 0 fully saturated rings. The number of amides is 1. The van der Waals surface area contributed by atoms with Gasteiger partial charge in [-0.3, -0.25) is 14.5 Å². The number of aromatic nitrogens is 3. The van der Waals surface area contributed by atoms with E-state index in [2.05, 4.69) is 15.3 Å². The number of aryl methyl sites for hydroxylation is 1. The van der Waals surface area contributed by atoms with Gasteiger partial charge in [0.05, 0.1) is 22.5 Å². The van der Waals surface area contributed by atoms with Crippen LogP contribution in [0.3, 0.4) is 0 Å². The summed E-state index contributed by atoms with van der Waals surface area (Å²) in [6.07, 6.45) is 1.86. The van der Waals surface area contributed by atoms with Gasteiger partial charge < -0.3 is 4.74 Å². The molecule has 5 aromatic rings. The molecule has 0 atom stereocenters. The maximum Gasteiger partial charge on any atom is 0.269 e. The largest absolute Gasteiger partial charge is 0.494 e. The number of rotatable bonds is 5. The van der Waals surface area contributed by atoms with E-state index in [1.54, 1.807) is 12.1 Å². The number of fused-ring (bicyclic) bond motifs is 2. The molecule has 0 bridgehead atoms. The Labute approximate surface area is 185 Å². The normalized spacial score (nSPS) is 11.3. The molecule has 3 aromatic heterocycles. The number of imidazole rings is 1. The number of hydrogen-bond donors (Lipinski definition) is 1. The lowest BCUT2D eigenvalue weighted by atomic mass is 10.2. The van der Waals surface area contributed by atoms with Crippen LogP contribution in [0.2, 0.25) is 0 Å². The van der Waals surface area contributed by atoms with E-state index in [-0.39, 0.29) is 11.7 Å². The summed E-state index contributed by atoms with van der Waals surface area (Å²) in [5, 5.41) is 3.43. The summed E-state index contributed by atoms with van der Waals surface area (Å²) < 4.78 is 21.5. The smallest absolute Gasteiger partial charge is 0.269 e. The number of hydrogen-bond acceptors (Lipinski definition) is 6. The molecule has 3 heterocycles. The first-order chi connectivity index (χ1) is 15.0. The second-order valence-corrected chi connectivity index (χ2v) is 8.85. The van der Waals surface area contributed by atoms with Gasteiger partial charge in [-0.1, -0.05) is 22.7 Å². The Kier molecular flexibility index (Phi) is 4.91. The number of nitrogens with zero attached hydrogens (tertiary/aromatic N) is 3. The van der Waals surface area contributed by atoms with Crippen LogP contribution in [0.15, 0.2) is 48.7 Å². The predicted octanol–water partition coefficient (Wildman–Crippen LogP) is 5.77. The third-order valence-corrected chi connectivity index (χ3v) is 6.88. The maximum absolute atomic E-state index is 13.2. The third kappa shape index (κ3) is 3.66. The van der Waals surface area contributed by atoms with Crippen molar-refractivity contribution >= 4 is 48.9 Å². The van der Waals surface area contributed by atoms with Gasteiger partial charge in [0.15, 0.2) is 10.1 Å². The summed E-state index contributed by atoms with van der Waals surface area (Å²) in [6.45, 7) is 4.41. The zero-order chi connectivity index (χ0) is 21.5. The van der Waals surface area contributed by atoms with Gasteiger partial charge in [-0.2, -0.15) is 0 Å². The lowest BCUT2D eigenvalue weighted by Crippen LogP contribution is -2.11. The van der Waals surface area contributed by atoms with Crippen LogP contribution in [0.25, 0.3) is 26.4 Å². The van der Waals surface area contributed by atoms with Crippen molar-refractivity contribution in [1.82, 2.24) is 14.4 Å². The fourth-order valence-corrected chi connectivity index (χ4v) is 5.18. The van der Waals surface area contributed by atoms with Crippen LogP contribution in [0.1, 0.15) is 22.3 Å². The topological polar surface area (TPSA) is 68.5 Å². The average Bonchev–Trinajstić information content (AvgIpc) is 3.42. The van der Waals surface area contributed by atoms with E-state index < -0.39 is 0 Å². The van der Waals surface area contributed by atoms with E-state index >= 15 is 0 Å². The standard InChI is InChI=1S/C22H17FN4O2S2/c1-3-29-15-8-9-16-18(10-15)30-21(24-16)26-20(28)19-12(2)27-11-17(25-22(27)31-19)13-4-6-14(23)7-5-13/h4-11H,3H2,1-2H3,(H,24,26,28). The molecular formula is C22H17FN4O2S2. The molecule has 0 saturated heterocycles. The molecule has 0 aliphatic heterocycles. The first-order valence-electron chi connectivity index (χ1n) is 9.61. The van der Waals surface area contributed by atoms with Crippen molar-refractivity contribution in [2.24, 2.45) is 0 Å². The van der Waals surface area contributed by atoms with E-state index in [1.807, 2.05) is 42.6 Å². The number of carbonyl (C=O) groups excluding carboxylic acids is 1. The van der Waals surface area contributed by atoms with Crippen LogP contribution >= 0.6 is 22.7 Å². The maximum atomic E-state index is 13.2. The van der Waals surface area contributed by atoms with Gasteiger partial charge in [-0.25, -0.2) is 14.4 Å². The van der Waals surface area contributed by atoms with Gasteiger partial charge in [-0.15, -0.1) is 0 Å². The molecule has 1 N–H and O–H groups in total. The summed E-state index contributed by atoms with van der Waals surface area (Å²) in [5.74, 6) is 0.271. The fourth-order valence-electron chi connectivity index (χ4n) is 3.29. The summed E-state index contributed by atoms with van der Waals surface area (Å²) in [7, 11) is 0.